The van der Waals surface area contributed by atoms with Crippen LogP contribution in [0.5, 0.6) is 0 Å². The molecule has 1 fully saturated rings. The standard InChI is InChI=1S/C20H28FN5S.HI/c1-3-22-19(24-15-20(2)11-4-14-27-20)23-12-9-17-10-13-26(25-17)18-7-5-16(21)6-8-18;/h5-8,10,13H,3-4,9,11-12,14-15H2,1-2H3,(H2,22,23,24);1H. The van der Waals surface area contributed by atoms with Gasteiger partial charge < -0.3 is 10.6 Å². The number of halogens is 2. The van der Waals surface area contributed by atoms with Gasteiger partial charge in [-0.1, -0.05) is 0 Å². The van der Waals surface area contributed by atoms with Crippen molar-refractivity contribution >= 4 is 41.7 Å². The summed E-state index contributed by atoms with van der Waals surface area (Å²) in [6.07, 6.45) is 5.23. The highest BCUT2D eigenvalue weighted by Crippen LogP contribution is 2.37. The highest BCUT2D eigenvalue weighted by Gasteiger charge is 2.29. The monoisotopic (exact) mass is 517 g/mol. The summed E-state index contributed by atoms with van der Waals surface area (Å²) < 4.78 is 15.1. The number of guanidine groups is 1. The number of benzene rings is 1. The molecule has 3 rings (SSSR count). The van der Waals surface area contributed by atoms with E-state index in [2.05, 4.69) is 29.6 Å². The summed E-state index contributed by atoms with van der Waals surface area (Å²) in [4.78, 5) is 4.77. The number of hydrogen-bond donors (Lipinski definition) is 2. The molecule has 0 bridgehead atoms. The summed E-state index contributed by atoms with van der Waals surface area (Å²) >= 11 is 2.03. The van der Waals surface area contributed by atoms with E-state index >= 15 is 0 Å². The van der Waals surface area contributed by atoms with Crippen molar-refractivity contribution in [2.24, 2.45) is 4.99 Å². The smallest absolute Gasteiger partial charge is 0.191 e. The highest BCUT2D eigenvalue weighted by molar-refractivity contribution is 14.0. The third kappa shape index (κ3) is 6.65. The normalized spacial score (nSPS) is 19.3. The van der Waals surface area contributed by atoms with Crippen LogP contribution in [0.4, 0.5) is 4.39 Å². The first-order valence-electron chi connectivity index (χ1n) is 9.55. The lowest BCUT2D eigenvalue weighted by Crippen LogP contribution is -2.39. The Balaban J connectivity index is 0.00000280. The molecule has 1 unspecified atom stereocenters. The Bertz CT molecular complexity index is 756. The molecule has 1 aromatic carbocycles. The number of rotatable bonds is 7. The van der Waals surface area contributed by atoms with Gasteiger partial charge in [0.25, 0.3) is 0 Å². The second-order valence-electron chi connectivity index (χ2n) is 7.00. The van der Waals surface area contributed by atoms with Crippen LogP contribution in [0.15, 0.2) is 41.5 Å². The van der Waals surface area contributed by atoms with Gasteiger partial charge in [0.05, 0.1) is 17.9 Å². The van der Waals surface area contributed by atoms with E-state index in [0.29, 0.717) is 0 Å². The summed E-state index contributed by atoms with van der Waals surface area (Å²) in [7, 11) is 0. The minimum absolute atomic E-state index is 0. The summed E-state index contributed by atoms with van der Waals surface area (Å²) in [5, 5.41) is 11.3. The van der Waals surface area contributed by atoms with Crippen molar-refractivity contribution in [1.82, 2.24) is 20.4 Å². The van der Waals surface area contributed by atoms with Crippen LogP contribution >= 0.6 is 35.7 Å². The van der Waals surface area contributed by atoms with Crippen LogP contribution in [0.3, 0.4) is 0 Å². The van der Waals surface area contributed by atoms with E-state index in [1.54, 1.807) is 16.8 Å². The van der Waals surface area contributed by atoms with Crippen LogP contribution in [-0.4, -0.2) is 45.9 Å². The first-order valence-corrected chi connectivity index (χ1v) is 10.5. The molecule has 0 spiro atoms. The van der Waals surface area contributed by atoms with Crippen LogP contribution in [0.1, 0.15) is 32.4 Å². The van der Waals surface area contributed by atoms with E-state index in [1.165, 1.54) is 30.7 Å². The van der Waals surface area contributed by atoms with Gasteiger partial charge in [-0.2, -0.15) is 16.9 Å². The van der Waals surface area contributed by atoms with Crippen LogP contribution in [-0.2, 0) is 6.42 Å². The first-order chi connectivity index (χ1) is 13.1. The van der Waals surface area contributed by atoms with Gasteiger partial charge in [-0.05, 0) is 62.8 Å². The van der Waals surface area contributed by atoms with E-state index in [0.717, 1.165) is 43.4 Å². The topological polar surface area (TPSA) is 54.2 Å². The van der Waals surface area contributed by atoms with E-state index in [1.807, 2.05) is 24.0 Å². The highest BCUT2D eigenvalue weighted by atomic mass is 127. The summed E-state index contributed by atoms with van der Waals surface area (Å²) in [5.74, 6) is 1.87. The lowest BCUT2D eigenvalue weighted by molar-refractivity contribution is 0.614. The Labute approximate surface area is 188 Å². The lowest BCUT2D eigenvalue weighted by atomic mass is 10.1. The van der Waals surface area contributed by atoms with Crippen molar-refractivity contribution < 1.29 is 4.39 Å². The maximum Gasteiger partial charge on any atom is 0.191 e. The van der Waals surface area contributed by atoms with Crippen molar-refractivity contribution in [2.75, 3.05) is 25.4 Å². The lowest BCUT2D eigenvalue weighted by Gasteiger charge is -2.21. The van der Waals surface area contributed by atoms with E-state index in [-0.39, 0.29) is 34.5 Å². The molecule has 1 aliphatic rings. The van der Waals surface area contributed by atoms with Crippen LogP contribution < -0.4 is 10.6 Å². The Morgan fingerprint density at radius 3 is 2.75 bits per heavy atom. The summed E-state index contributed by atoms with van der Waals surface area (Å²) in [5.41, 5.74) is 1.84. The molecule has 1 atom stereocenters. The van der Waals surface area contributed by atoms with Crippen molar-refractivity contribution in [1.29, 1.82) is 0 Å². The average Bonchev–Trinajstić information content (AvgIpc) is 3.30. The van der Waals surface area contributed by atoms with Crippen LogP contribution in [0.2, 0.25) is 0 Å². The maximum atomic E-state index is 13.0. The number of aliphatic imine (C=N–C) groups is 1. The zero-order valence-electron chi connectivity index (χ0n) is 16.4. The predicted octanol–water partition coefficient (Wildman–Crippen LogP) is 4.01. The molecule has 8 heteroatoms. The number of thioether (sulfide) groups is 1. The van der Waals surface area contributed by atoms with Gasteiger partial charge in [0, 0.05) is 30.5 Å². The molecule has 0 radical (unpaired) electrons. The minimum atomic E-state index is -0.240. The largest absolute Gasteiger partial charge is 0.357 e. The molecule has 0 saturated carbocycles. The minimum Gasteiger partial charge on any atom is -0.357 e. The fourth-order valence-corrected chi connectivity index (χ4v) is 4.32. The SMILES string of the molecule is CCNC(=NCC1(C)CCCS1)NCCc1ccn(-c2ccc(F)cc2)n1.I. The van der Waals surface area contributed by atoms with Crippen molar-refractivity contribution in [3.05, 3.63) is 48.0 Å². The second-order valence-corrected chi connectivity index (χ2v) is 8.68. The molecule has 1 aromatic heterocycles. The van der Waals surface area contributed by atoms with E-state index in [4.69, 9.17) is 4.99 Å². The first kappa shape index (κ1) is 23.0. The predicted molar refractivity (Wildman–Crippen MR) is 127 cm³/mol. The van der Waals surface area contributed by atoms with Crippen LogP contribution in [0.25, 0.3) is 5.69 Å². The third-order valence-electron chi connectivity index (χ3n) is 4.63. The van der Waals surface area contributed by atoms with E-state index < -0.39 is 0 Å². The second kappa shape index (κ2) is 11.0. The van der Waals surface area contributed by atoms with Gasteiger partial charge in [-0.15, -0.1) is 24.0 Å². The maximum absolute atomic E-state index is 13.0. The Hall–Kier alpha value is -1.29. The molecule has 0 amide bonds. The zero-order chi connectivity index (χ0) is 19.1. The number of nitrogens with zero attached hydrogens (tertiary/aromatic N) is 3. The molecule has 2 aromatic rings. The van der Waals surface area contributed by atoms with Crippen molar-refractivity contribution in [3.8, 4) is 5.69 Å². The van der Waals surface area contributed by atoms with Gasteiger partial charge in [0.2, 0.25) is 0 Å². The molecule has 2 heterocycles. The fourth-order valence-electron chi connectivity index (χ4n) is 3.09. The molecule has 1 aliphatic heterocycles. The molecule has 5 nitrogen and oxygen atoms in total. The molecular weight excluding hydrogens is 488 g/mol. The zero-order valence-corrected chi connectivity index (χ0v) is 19.6. The Kier molecular flexibility index (Phi) is 9.07. The van der Waals surface area contributed by atoms with E-state index in [9.17, 15) is 4.39 Å². The van der Waals surface area contributed by atoms with Crippen molar-refractivity contribution in [3.63, 3.8) is 0 Å². The molecule has 1 saturated heterocycles. The van der Waals surface area contributed by atoms with Gasteiger partial charge in [-0.3, -0.25) is 4.99 Å². The quantitative estimate of drug-likeness (QED) is 0.331. The van der Waals surface area contributed by atoms with Gasteiger partial charge in [0.1, 0.15) is 5.82 Å². The van der Waals surface area contributed by atoms with Crippen molar-refractivity contribution in [2.45, 2.75) is 37.9 Å². The third-order valence-corrected chi connectivity index (χ3v) is 6.15. The Morgan fingerprint density at radius 1 is 1.29 bits per heavy atom. The number of nitrogens with one attached hydrogen (secondary N) is 2. The van der Waals surface area contributed by atoms with Crippen LogP contribution in [0, 0.1) is 5.82 Å². The average molecular weight is 517 g/mol. The summed E-state index contributed by atoms with van der Waals surface area (Å²) in [6, 6.07) is 8.33. The molecular formula is C20H29FIN5S. The van der Waals surface area contributed by atoms with Gasteiger partial charge >= 0.3 is 0 Å². The number of hydrogen-bond acceptors (Lipinski definition) is 3. The molecule has 0 aliphatic carbocycles. The molecule has 2 N–H and O–H groups in total. The molecule has 154 valence electrons. The van der Waals surface area contributed by atoms with Gasteiger partial charge in [-0.25, -0.2) is 9.07 Å². The molecule has 28 heavy (non-hydrogen) atoms. The van der Waals surface area contributed by atoms with Gasteiger partial charge in [0.15, 0.2) is 5.96 Å². The Morgan fingerprint density at radius 2 is 2.07 bits per heavy atom. The number of aromatic nitrogens is 2. The summed E-state index contributed by atoms with van der Waals surface area (Å²) in [6.45, 7) is 6.82. The fraction of sp³-hybridized carbons (Fsp3) is 0.500.